The number of nitrogens with zero attached hydrogens (tertiary/aromatic N) is 1. The van der Waals surface area contributed by atoms with Gasteiger partial charge in [0, 0.05) is 12.6 Å². The van der Waals surface area contributed by atoms with Gasteiger partial charge in [-0.3, -0.25) is 0 Å². The maximum Gasteiger partial charge on any atom is 0.0451 e. The van der Waals surface area contributed by atoms with Crippen LogP contribution in [-0.4, -0.2) is 31.1 Å². The zero-order valence-corrected chi connectivity index (χ0v) is 12.5. The molecule has 0 aliphatic carbocycles. The Balaban J connectivity index is 2.04. The molecule has 2 nitrogen and oxygen atoms in total. The zero-order valence-electron chi connectivity index (χ0n) is 12.5. The third-order valence-electron chi connectivity index (χ3n) is 4.09. The van der Waals surface area contributed by atoms with E-state index in [1.165, 1.54) is 49.9 Å². The van der Waals surface area contributed by atoms with Crippen molar-refractivity contribution in [3.63, 3.8) is 0 Å². The smallest absolute Gasteiger partial charge is 0.0451 e. The van der Waals surface area contributed by atoms with E-state index in [-0.39, 0.29) is 0 Å². The number of benzene rings is 1. The van der Waals surface area contributed by atoms with Gasteiger partial charge in [-0.2, -0.15) is 0 Å². The molecule has 1 aliphatic heterocycles. The summed E-state index contributed by atoms with van der Waals surface area (Å²) in [5.74, 6) is 0. The molecule has 0 amide bonds. The summed E-state index contributed by atoms with van der Waals surface area (Å²) in [6, 6.07) is 9.30. The van der Waals surface area contributed by atoms with E-state index < -0.39 is 0 Å². The minimum absolute atomic E-state index is 0.485. The fraction of sp³-hybridized carbons (Fsp3) is 0.647. The van der Waals surface area contributed by atoms with Crippen molar-refractivity contribution in [3.05, 3.63) is 35.4 Å². The maximum atomic E-state index is 3.73. The summed E-state index contributed by atoms with van der Waals surface area (Å²) in [5.41, 5.74) is 2.88. The summed E-state index contributed by atoms with van der Waals surface area (Å²) < 4.78 is 0. The van der Waals surface area contributed by atoms with Gasteiger partial charge >= 0.3 is 0 Å². The molecular formula is C17H28N2. The van der Waals surface area contributed by atoms with Gasteiger partial charge in [-0.15, -0.1) is 0 Å². The standard InChI is InChI=1S/C17H28N2/c1-3-11-18-17(14-19-12-7-4-8-13-19)16-10-6-5-9-15(16)2/h5-6,9-10,17-18H,3-4,7-8,11-14H2,1-2H3. The quantitative estimate of drug-likeness (QED) is 0.842. The first-order valence-corrected chi connectivity index (χ1v) is 7.82. The van der Waals surface area contributed by atoms with Crippen molar-refractivity contribution >= 4 is 0 Å². The van der Waals surface area contributed by atoms with Crippen LogP contribution in [0.3, 0.4) is 0 Å². The third-order valence-corrected chi connectivity index (χ3v) is 4.09. The molecule has 1 heterocycles. The van der Waals surface area contributed by atoms with E-state index in [1.807, 2.05) is 0 Å². The van der Waals surface area contributed by atoms with Crippen molar-refractivity contribution in [1.29, 1.82) is 0 Å². The number of piperidine rings is 1. The SMILES string of the molecule is CCCNC(CN1CCCCC1)c1ccccc1C. The number of aryl methyl sites for hydroxylation is 1. The Hall–Kier alpha value is -0.860. The lowest BCUT2D eigenvalue weighted by Crippen LogP contribution is -2.38. The fourth-order valence-corrected chi connectivity index (χ4v) is 2.97. The van der Waals surface area contributed by atoms with Gasteiger partial charge in [-0.05, 0) is 56.9 Å². The molecular weight excluding hydrogens is 232 g/mol. The Bertz CT molecular complexity index is 369. The van der Waals surface area contributed by atoms with E-state index >= 15 is 0 Å². The molecule has 0 radical (unpaired) electrons. The second-order valence-electron chi connectivity index (χ2n) is 5.72. The molecule has 1 unspecified atom stereocenters. The van der Waals surface area contributed by atoms with Crippen LogP contribution >= 0.6 is 0 Å². The van der Waals surface area contributed by atoms with Crippen molar-refractivity contribution in [2.45, 2.75) is 45.6 Å². The molecule has 1 saturated heterocycles. The Morgan fingerprint density at radius 1 is 1.16 bits per heavy atom. The van der Waals surface area contributed by atoms with Crippen LogP contribution < -0.4 is 5.32 Å². The summed E-state index contributed by atoms with van der Waals surface area (Å²) in [5, 5.41) is 3.73. The first kappa shape index (κ1) is 14.5. The van der Waals surface area contributed by atoms with Crippen LogP contribution in [0, 0.1) is 6.92 Å². The molecule has 19 heavy (non-hydrogen) atoms. The van der Waals surface area contributed by atoms with Gasteiger partial charge in [0.25, 0.3) is 0 Å². The van der Waals surface area contributed by atoms with E-state index in [2.05, 4.69) is 48.3 Å². The van der Waals surface area contributed by atoms with Gasteiger partial charge in [0.15, 0.2) is 0 Å². The first-order valence-electron chi connectivity index (χ1n) is 7.82. The normalized spacial score (nSPS) is 18.4. The van der Waals surface area contributed by atoms with Crippen molar-refractivity contribution in [3.8, 4) is 0 Å². The molecule has 1 aliphatic rings. The van der Waals surface area contributed by atoms with Gasteiger partial charge in [-0.25, -0.2) is 0 Å². The molecule has 0 bridgehead atoms. The highest BCUT2D eigenvalue weighted by Crippen LogP contribution is 2.20. The summed E-state index contributed by atoms with van der Waals surface area (Å²) >= 11 is 0. The number of hydrogen-bond donors (Lipinski definition) is 1. The average Bonchev–Trinajstić information content (AvgIpc) is 2.45. The van der Waals surface area contributed by atoms with E-state index in [0.717, 1.165) is 13.1 Å². The van der Waals surface area contributed by atoms with Crippen LogP contribution in [-0.2, 0) is 0 Å². The van der Waals surface area contributed by atoms with Gasteiger partial charge in [-0.1, -0.05) is 37.6 Å². The van der Waals surface area contributed by atoms with Gasteiger partial charge in [0.1, 0.15) is 0 Å². The molecule has 0 aromatic heterocycles. The van der Waals surface area contributed by atoms with Crippen LogP contribution in [0.1, 0.15) is 49.8 Å². The molecule has 1 atom stereocenters. The van der Waals surface area contributed by atoms with Crippen LogP contribution in [0.2, 0.25) is 0 Å². The molecule has 1 aromatic rings. The first-order chi connectivity index (χ1) is 9.31. The molecule has 2 rings (SSSR count). The highest BCUT2D eigenvalue weighted by Gasteiger charge is 2.18. The topological polar surface area (TPSA) is 15.3 Å². The Labute approximate surface area is 118 Å². The molecule has 1 N–H and O–H groups in total. The lowest BCUT2D eigenvalue weighted by molar-refractivity contribution is 0.205. The van der Waals surface area contributed by atoms with E-state index in [4.69, 9.17) is 0 Å². The molecule has 0 saturated carbocycles. The lowest BCUT2D eigenvalue weighted by Gasteiger charge is -2.31. The predicted molar refractivity (Wildman–Crippen MR) is 82.5 cm³/mol. The predicted octanol–water partition coefficient (Wildman–Crippen LogP) is 3.52. The second-order valence-corrected chi connectivity index (χ2v) is 5.72. The van der Waals surface area contributed by atoms with Gasteiger partial charge in [0.2, 0.25) is 0 Å². The fourth-order valence-electron chi connectivity index (χ4n) is 2.97. The largest absolute Gasteiger partial charge is 0.309 e. The summed E-state index contributed by atoms with van der Waals surface area (Å²) in [6.45, 7) is 9.28. The molecule has 106 valence electrons. The Kier molecular flexibility index (Phi) is 5.87. The molecule has 1 fully saturated rings. The number of rotatable bonds is 6. The Morgan fingerprint density at radius 2 is 1.89 bits per heavy atom. The van der Waals surface area contributed by atoms with Crippen molar-refractivity contribution in [1.82, 2.24) is 10.2 Å². The van der Waals surface area contributed by atoms with Crippen LogP contribution in [0.4, 0.5) is 0 Å². The summed E-state index contributed by atoms with van der Waals surface area (Å²) in [6.07, 6.45) is 5.35. The van der Waals surface area contributed by atoms with Crippen molar-refractivity contribution < 1.29 is 0 Å². The maximum absolute atomic E-state index is 3.73. The highest BCUT2D eigenvalue weighted by atomic mass is 15.2. The average molecular weight is 260 g/mol. The monoisotopic (exact) mass is 260 g/mol. The number of likely N-dealkylation sites (tertiary alicyclic amines) is 1. The van der Waals surface area contributed by atoms with Crippen LogP contribution in [0.15, 0.2) is 24.3 Å². The van der Waals surface area contributed by atoms with Crippen LogP contribution in [0.25, 0.3) is 0 Å². The minimum Gasteiger partial charge on any atom is -0.309 e. The molecule has 1 aromatic carbocycles. The highest BCUT2D eigenvalue weighted by molar-refractivity contribution is 5.29. The van der Waals surface area contributed by atoms with E-state index in [0.29, 0.717) is 6.04 Å². The van der Waals surface area contributed by atoms with E-state index in [9.17, 15) is 0 Å². The summed E-state index contributed by atoms with van der Waals surface area (Å²) in [4.78, 5) is 2.63. The van der Waals surface area contributed by atoms with Crippen LogP contribution in [0.5, 0.6) is 0 Å². The third kappa shape index (κ3) is 4.32. The molecule has 2 heteroatoms. The Morgan fingerprint density at radius 3 is 2.58 bits per heavy atom. The van der Waals surface area contributed by atoms with Gasteiger partial charge in [0.05, 0.1) is 0 Å². The minimum atomic E-state index is 0.485. The number of hydrogen-bond acceptors (Lipinski definition) is 2. The molecule has 0 spiro atoms. The van der Waals surface area contributed by atoms with Crippen molar-refractivity contribution in [2.75, 3.05) is 26.2 Å². The van der Waals surface area contributed by atoms with Gasteiger partial charge < -0.3 is 10.2 Å². The lowest BCUT2D eigenvalue weighted by atomic mass is 9.99. The number of nitrogens with one attached hydrogen (secondary N) is 1. The second kappa shape index (κ2) is 7.66. The summed E-state index contributed by atoms with van der Waals surface area (Å²) in [7, 11) is 0. The van der Waals surface area contributed by atoms with E-state index in [1.54, 1.807) is 0 Å². The van der Waals surface area contributed by atoms with Crippen molar-refractivity contribution in [2.24, 2.45) is 0 Å². The zero-order chi connectivity index (χ0) is 13.5.